The molecule has 3 nitrogen and oxygen atoms in total. The average molecular weight is 249 g/mol. The van der Waals surface area contributed by atoms with Gasteiger partial charge in [-0.1, -0.05) is 6.92 Å². The molecule has 0 saturated carbocycles. The maximum atomic E-state index is 4.03. The minimum absolute atomic E-state index is 0.434. The molecule has 4 heteroatoms. The zero-order chi connectivity index (χ0) is 12.1. The minimum atomic E-state index is 0.434. The molecule has 1 atom stereocenters. The first-order valence-electron chi connectivity index (χ1n) is 6.07. The lowest BCUT2D eigenvalue weighted by atomic mass is 10.2. The summed E-state index contributed by atoms with van der Waals surface area (Å²) in [6.07, 6.45) is 6.79. The molecule has 92 valence electrons. The van der Waals surface area contributed by atoms with Crippen molar-refractivity contribution >= 4 is 11.3 Å². The Labute approximate surface area is 107 Å². The van der Waals surface area contributed by atoms with Crippen molar-refractivity contribution in [2.45, 2.75) is 32.9 Å². The first-order valence-corrected chi connectivity index (χ1v) is 6.89. The topological polar surface area (TPSA) is 29.9 Å². The van der Waals surface area contributed by atoms with Crippen molar-refractivity contribution in [3.63, 3.8) is 0 Å². The zero-order valence-corrected chi connectivity index (χ0v) is 11.2. The Bertz CT molecular complexity index is 433. The van der Waals surface area contributed by atoms with Crippen molar-refractivity contribution in [3.8, 4) is 0 Å². The lowest BCUT2D eigenvalue weighted by molar-refractivity contribution is 0.536. The molecule has 0 aliphatic carbocycles. The van der Waals surface area contributed by atoms with Crippen LogP contribution in [0.15, 0.2) is 30.9 Å². The average Bonchev–Trinajstić information content (AvgIpc) is 2.99. The Morgan fingerprint density at radius 2 is 2.35 bits per heavy atom. The van der Waals surface area contributed by atoms with Gasteiger partial charge < -0.3 is 9.88 Å². The van der Waals surface area contributed by atoms with E-state index in [9.17, 15) is 0 Å². The summed E-state index contributed by atoms with van der Waals surface area (Å²) < 4.78 is 2.09. The van der Waals surface area contributed by atoms with Crippen LogP contribution in [0.4, 0.5) is 0 Å². The predicted octanol–water partition coefficient (Wildman–Crippen LogP) is 2.86. The molecule has 0 aliphatic heterocycles. The third-order valence-electron chi connectivity index (χ3n) is 2.84. The molecule has 2 aromatic heterocycles. The largest absolute Gasteiger partial charge is 0.336 e. The number of nitrogens with one attached hydrogen (secondary N) is 1. The Balaban J connectivity index is 1.78. The van der Waals surface area contributed by atoms with Gasteiger partial charge in [-0.25, -0.2) is 4.98 Å². The van der Waals surface area contributed by atoms with Gasteiger partial charge in [0.1, 0.15) is 0 Å². The fraction of sp³-hybridized carbons (Fsp3) is 0.462. The van der Waals surface area contributed by atoms with E-state index in [-0.39, 0.29) is 0 Å². The van der Waals surface area contributed by atoms with Crippen molar-refractivity contribution in [2.24, 2.45) is 0 Å². The zero-order valence-electron chi connectivity index (χ0n) is 10.4. The Morgan fingerprint density at radius 1 is 1.47 bits per heavy atom. The summed E-state index contributed by atoms with van der Waals surface area (Å²) in [6, 6.07) is 4.90. The van der Waals surface area contributed by atoms with Gasteiger partial charge in [-0.3, -0.25) is 0 Å². The highest BCUT2D eigenvalue weighted by molar-refractivity contribution is 7.12. The van der Waals surface area contributed by atoms with E-state index in [2.05, 4.69) is 40.8 Å². The number of aryl methyl sites for hydroxylation is 1. The van der Waals surface area contributed by atoms with E-state index in [1.165, 1.54) is 9.75 Å². The van der Waals surface area contributed by atoms with Crippen LogP contribution in [0.5, 0.6) is 0 Å². The standard InChI is InChI=1S/C13H19N3S/c1-3-12-4-5-13(17-12)11(2)15-7-9-16-8-6-14-10-16/h4-6,8,10-11,15H,3,7,9H2,1-2H3. The number of nitrogens with zero attached hydrogens (tertiary/aromatic N) is 2. The van der Waals surface area contributed by atoms with E-state index in [1.54, 1.807) is 0 Å². The van der Waals surface area contributed by atoms with Crippen LogP contribution >= 0.6 is 11.3 Å². The maximum Gasteiger partial charge on any atom is 0.0946 e. The number of imidazole rings is 1. The molecule has 2 heterocycles. The summed E-state index contributed by atoms with van der Waals surface area (Å²) in [5.41, 5.74) is 0. The molecular formula is C13H19N3S. The van der Waals surface area contributed by atoms with E-state index in [0.29, 0.717) is 6.04 Å². The van der Waals surface area contributed by atoms with Gasteiger partial charge in [0.25, 0.3) is 0 Å². The molecule has 0 fully saturated rings. The highest BCUT2D eigenvalue weighted by Crippen LogP contribution is 2.23. The second-order valence-corrected chi connectivity index (χ2v) is 5.33. The summed E-state index contributed by atoms with van der Waals surface area (Å²) in [5.74, 6) is 0. The van der Waals surface area contributed by atoms with Crippen LogP contribution < -0.4 is 5.32 Å². The maximum absolute atomic E-state index is 4.03. The summed E-state index contributed by atoms with van der Waals surface area (Å²) >= 11 is 1.91. The van der Waals surface area contributed by atoms with E-state index < -0.39 is 0 Å². The van der Waals surface area contributed by atoms with Crippen LogP contribution in [0, 0.1) is 0 Å². The molecule has 0 radical (unpaired) electrons. The Hall–Kier alpha value is -1.13. The monoisotopic (exact) mass is 249 g/mol. The number of hydrogen-bond acceptors (Lipinski definition) is 3. The Morgan fingerprint density at radius 3 is 3.00 bits per heavy atom. The molecular weight excluding hydrogens is 230 g/mol. The van der Waals surface area contributed by atoms with Gasteiger partial charge in [-0.05, 0) is 25.5 Å². The summed E-state index contributed by atoms with van der Waals surface area (Å²) in [7, 11) is 0. The third kappa shape index (κ3) is 3.41. The second-order valence-electron chi connectivity index (χ2n) is 4.13. The van der Waals surface area contributed by atoms with Gasteiger partial charge in [-0.2, -0.15) is 0 Å². The lowest BCUT2D eigenvalue weighted by Crippen LogP contribution is -2.22. The highest BCUT2D eigenvalue weighted by atomic mass is 32.1. The van der Waals surface area contributed by atoms with Crippen molar-refractivity contribution in [2.75, 3.05) is 6.54 Å². The molecule has 1 unspecified atom stereocenters. The first-order chi connectivity index (χ1) is 8.29. The van der Waals surface area contributed by atoms with Crippen LogP contribution in [-0.2, 0) is 13.0 Å². The number of hydrogen-bond donors (Lipinski definition) is 1. The fourth-order valence-corrected chi connectivity index (χ4v) is 2.73. The molecule has 0 spiro atoms. The van der Waals surface area contributed by atoms with E-state index in [0.717, 1.165) is 19.5 Å². The van der Waals surface area contributed by atoms with Crippen LogP contribution in [0.3, 0.4) is 0 Å². The molecule has 0 aliphatic rings. The van der Waals surface area contributed by atoms with Crippen molar-refractivity contribution in [1.29, 1.82) is 0 Å². The predicted molar refractivity (Wildman–Crippen MR) is 72.3 cm³/mol. The third-order valence-corrected chi connectivity index (χ3v) is 4.25. The van der Waals surface area contributed by atoms with E-state index in [4.69, 9.17) is 0 Å². The van der Waals surface area contributed by atoms with Crippen LogP contribution in [0.2, 0.25) is 0 Å². The smallest absolute Gasteiger partial charge is 0.0946 e. The summed E-state index contributed by atoms with van der Waals surface area (Å²) in [6.45, 7) is 6.36. The highest BCUT2D eigenvalue weighted by Gasteiger charge is 2.07. The normalized spacial score (nSPS) is 12.8. The molecule has 2 rings (SSSR count). The molecule has 0 aromatic carbocycles. The van der Waals surface area contributed by atoms with Crippen molar-refractivity contribution < 1.29 is 0 Å². The quantitative estimate of drug-likeness (QED) is 0.853. The van der Waals surface area contributed by atoms with Crippen molar-refractivity contribution in [3.05, 3.63) is 40.6 Å². The number of rotatable bonds is 6. The molecule has 1 N–H and O–H groups in total. The Kier molecular flexibility index (Phi) is 4.34. The van der Waals surface area contributed by atoms with Gasteiger partial charge in [0, 0.05) is 41.3 Å². The molecule has 17 heavy (non-hydrogen) atoms. The van der Waals surface area contributed by atoms with E-state index >= 15 is 0 Å². The number of thiophene rings is 1. The molecule has 0 amide bonds. The van der Waals surface area contributed by atoms with Gasteiger partial charge in [-0.15, -0.1) is 11.3 Å². The molecule has 2 aromatic rings. The number of aromatic nitrogens is 2. The van der Waals surface area contributed by atoms with Gasteiger partial charge in [0.05, 0.1) is 6.33 Å². The SMILES string of the molecule is CCc1ccc(C(C)NCCn2ccnc2)s1. The van der Waals surface area contributed by atoms with Crippen LogP contribution in [0.1, 0.15) is 29.6 Å². The fourth-order valence-electron chi connectivity index (χ4n) is 1.75. The summed E-state index contributed by atoms with van der Waals surface area (Å²) in [5, 5.41) is 3.54. The molecule has 0 saturated heterocycles. The lowest BCUT2D eigenvalue weighted by Gasteiger charge is -2.12. The second kappa shape index (κ2) is 5.98. The van der Waals surface area contributed by atoms with Gasteiger partial charge >= 0.3 is 0 Å². The van der Waals surface area contributed by atoms with Crippen LogP contribution in [0.25, 0.3) is 0 Å². The van der Waals surface area contributed by atoms with Gasteiger partial charge in [0.2, 0.25) is 0 Å². The minimum Gasteiger partial charge on any atom is -0.336 e. The van der Waals surface area contributed by atoms with E-state index in [1.807, 2.05) is 30.1 Å². The van der Waals surface area contributed by atoms with Crippen molar-refractivity contribution in [1.82, 2.24) is 14.9 Å². The van der Waals surface area contributed by atoms with Gasteiger partial charge in [0.15, 0.2) is 0 Å². The summed E-state index contributed by atoms with van der Waals surface area (Å²) in [4.78, 5) is 6.91. The molecule has 0 bridgehead atoms. The van der Waals surface area contributed by atoms with Crippen LogP contribution in [-0.4, -0.2) is 16.1 Å². The first kappa shape index (κ1) is 12.3.